The number of carbonyl (C=O) groups excluding carboxylic acids is 2. The third kappa shape index (κ3) is 5.28. The molecule has 160 valence electrons. The molecule has 0 saturated heterocycles. The van der Waals surface area contributed by atoms with Crippen LogP contribution in [-0.4, -0.2) is 30.8 Å². The Morgan fingerprint density at radius 2 is 1.77 bits per heavy atom. The van der Waals surface area contributed by atoms with Crippen LogP contribution in [0.4, 0.5) is 10.7 Å². The molecule has 1 heterocycles. The van der Waals surface area contributed by atoms with Crippen LogP contribution in [0.15, 0.2) is 54.6 Å². The molecule has 0 aliphatic heterocycles. The van der Waals surface area contributed by atoms with Gasteiger partial charge in [-0.25, -0.2) is 9.59 Å². The van der Waals surface area contributed by atoms with Crippen molar-refractivity contribution < 1.29 is 19.1 Å². The quantitative estimate of drug-likeness (QED) is 0.376. The largest absolute Gasteiger partial charge is 0.465 e. The van der Waals surface area contributed by atoms with Gasteiger partial charge in [0.25, 0.3) is 0 Å². The first-order valence-electron chi connectivity index (χ1n) is 9.56. The van der Waals surface area contributed by atoms with Crippen LogP contribution in [0.1, 0.15) is 32.5 Å². The molecular weight excluding hydrogens is 432 g/mol. The number of nitrogens with one attached hydrogen (secondary N) is 2. The van der Waals surface area contributed by atoms with Crippen LogP contribution in [0, 0.1) is 6.92 Å². The summed E-state index contributed by atoms with van der Waals surface area (Å²) >= 11 is 6.87. The van der Waals surface area contributed by atoms with Crippen molar-refractivity contribution in [3.05, 3.63) is 70.6 Å². The van der Waals surface area contributed by atoms with E-state index in [0.29, 0.717) is 28.4 Å². The van der Waals surface area contributed by atoms with Gasteiger partial charge in [-0.1, -0.05) is 36.4 Å². The van der Waals surface area contributed by atoms with Gasteiger partial charge in [0.2, 0.25) is 0 Å². The average molecular weight is 455 g/mol. The number of ether oxygens (including phenoxy) is 2. The van der Waals surface area contributed by atoms with Crippen LogP contribution >= 0.6 is 23.6 Å². The first-order chi connectivity index (χ1) is 14.9. The molecule has 2 aromatic carbocycles. The monoisotopic (exact) mass is 454 g/mol. The molecule has 0 bridgehead atoms. The number of methoxy groups -OCH3 is 1. The van der Waals surface area contributed by atoms with Gasteiger partial charge in [-0.3, -0.25) is 0 Å². The van der Waals surface area contributed by atoms with Gasteiger partial charge < -0.3 is 20.1 Å². The van der Waals surface area contributed by atoms with Gasteiger partial charge in [-0.05, 0) is 49.8 Å². The van der Waals surface area contributed by atoms with E-state index in [1.54, 1.807) is 31.2 Å². The molecule has 0 spiro atoms. The van der Waals surface area contributed by atoms with E-state index >= 15 is 0 Å². The van der Waals surface area contributed by atoms with Gasteiger partial charge in [0.05, 0.1) is 19.3 Å². The molecule has 1 aromatic heterocycles. The van der Waals surface area contributed by atoms with Gasteiger partial charge >= 0.3 is 11.9 Å². The summed E-state index contributed by atoms with van der Waals surface area (Å²) in [5.41, 5.74) is 3.21. The van der Waals surface area contributed by atoms with Gasteiger partial charge in [-0.2, -0.15) is 0 Å². The maximum Gasteiger partial charge on any atom is 0.341 e. The Kier molecular flexibility index (Phi) is 7.38. The smallest absolute Gasteiger partial charge is 0.341 e. The average Bonchev–Trinajstić information content (AvgIpc) is 3.09. The molecule has 6 nitrogen and oxygen atoms in total. The van der Waals surface area contributed by atoms with Gasteiger partial charge in [0, 0.05) is 16.1 Å². The third-order valence-electron chi connectivity index (χ3n) is 4.39. The molecule has 8 heteroatoms. The van der Waals surface area contributed by atoms with Crippen LogP contribution in [0.2, 0.25) is 0 Å². The molecule has 0 aliphatic carbocycles. The Hall–Kier alpha value is -3.23. The zero-order valence-corrected chi connectivity index (χ0v) is 19.0. The highest BCUT2D eigenvalue weighted by Crippen LogP contribution is 2.40. The summed E-state index contributed by atoms with van der Waals surface area (Å²) in [6.45, 7) is 4.00. The van der Waals surface area contributed by atoms with Crippen molar-refractivity contribution >= 4 is 51.3 Å². The van der Waals surface area contributed by atoms with Crippen molar-refractivity contribution in [2.75, 3.05) is 24.4 Å². The minimum absolute atomic E-state index is 0.284. The Balaban J connectivity index is 1.86. The molecule has 0 unspecified atom stereocenters. The number of thiocarbonyl (C=S) groups is 1. The molecule has 0 amide bonds. The summed E-state index contributed by atoms with van der Waals surface area (Å²) in [5, 5.41) is 7.02. The topological polar surface area (TPSA) is 76.7 Å². The van der Waals surface area contributed by atoms with E-state index in [2.05, 4.69) is 10.6 Å². The maximum atomic E-state index is 12.6. The zero-order valence-electron chi connectivity index (χ0n) is 17.4. The lowest BCUT2D eigenvalue weighted by Crippen LogP contribution is -2.20. The normalized spacial score (nSPS) is 10.3. The molecule has 3 rings (SSSR count). The number of aryl methyl sites for hydroxylation is 1. The predicted molar refractivity (Wildman–Crippen MR) is 128 cm³/mol. The second kappa shape index (κ2) is 10.2. The Morgan fingerprint density at radius 3 is 2.45 bits per heavy atom. The Bertz CT molecular complexity index is 1110. The van der Waals surface area contributed by atoms with Crippen LogP contribution in [0.5, 0.6) is 0 Å². The molecule has 2 N–H and O–H groups in total. The lowest BCUT2D eigenvalue weighted by Gasteiger charge is -2.12. The van der Waals surface area contributed by atoms with E-state index in [4.69, 9.17) is 21.7 Å². The molecular formula is C23H22N2O4S2. The minimum atomic E-state index is -0.446. The van der Waals surface area contributed by atoms with E-state index in [9.17, 15) is 9.59 Å². The van der Waals surface area contributed by atoms with Gasteiger partial charge in [0.15, 0.2) is 5.11 Å². The highest BCUT2D eigenvalue weighted by atomic mass is 32.1. The lowest BCUT2D eigenvalue weighted by molar-refractivity contribution is 0.0525. The first-order valence-corrected chi connectivity index (χ1v) is 10.8. The molecule has 0 aliphatic rings. The van der Waals surface area contributed by atoms with Crippen molar-refractivity contribution in [3.8, 4) is 11.1 Å². The first kappa shape index (κ1) is 22.5. The fourth-order valence-electron chi connectivity index (χ4n) is 3.09. The summed E-state index contributed by atoms with van der Waals surface area (Å²) in [5.74, 6) is -0.850. The van der Waals surface area contributed by atoms with Crippen molar-refractivity contribution in [3.63, 3.8) is 0 Å². The van der Waals surface area contributed by atoms with Crippen LogP contribution in [0.25, 0.3) is 11.1 Å². The highest BCUT2D eigenvalue weighted by molar-refractivity contribution is 7.80. The van der Waals surface area contributed by atoms with Crippen LogP contribution in [0.3, 0.4) is 0 Å². The van der Waals surface area contributed by atoms with E-state index in [0.717, 1.165) is 16.0 Å². The highest BCUT2D eigenvalue weighted by Gasteiger charge is 2.24. The number of benzene rings is 2. The summed E-state index contributed by atoms with van der Waals surface area (Å²) < 4.78 is 10.1. The zero-order chi connectivity index (χ0) is 22.4. The molecule has 0 atom stereocenters. The summed E-state index contributed by atoms with van der Waals surface area (Å²) in [4.78, 5) is 25.5. The van der Waals surface area contributed by atoms with E-state index in [1.807, 2.05) is 37.3 Å². The number of hydrogen-bond acceptors (Lipinski definition) is 6. The van der Waals surface area contributed by atoms with E-state index in [-0.39, 0.29) is 5.11 Å². The summed E-state index contributed by atoms with van der Waals surface area (Å²) in [7, 11) is 1.35. The Morgan fingerprint density at radius 1 is 1.03 bits per heavy atom. The number of carbonyl (C=O) groups is 2. The number of thiophene rings is 1. The van der Waals surface area contributed by atoms with Crippen molar-refractivity contribution in [1.82, 2.24) is 0 Å². The van der Waals surface area contributed by atoms with Crippen molar-refractivity contribution in [2.24, 2.45) is 0 Å². The standard InChI is InChI=1S/C23H22N2O4S2/c1-4-29-21(26)16-11-8-12-17(13-16)24-23(30)25-20-19(22(27)28-3)18(14(2)31-20)15-9-6-5-7-10-15/h5-13H,4H2,1-3H3,(H2,24,25,30). The SMILES string of the molecule is CCOC(=O)c1cccc(NC(=S)Nc2sc(C)c(-c3ccccc3)c2C(=O)OC)c1. The van der Waals surface area contributed by atoms with Crippen LogP contribution in [-0.2, 0) is 9.47 Å². The lowest BCUT2D eigenvalue weighted by atomic mass is 10.0. The number of esters is 2. The second-order valence-electron chi connectivity index (χ2n) is 6.48. The molecule has 3 aromatic rings. The number of anilines is 2. The molecule has 0 radical (unpaired) electrons. The van der Waals surface area contributed by atoms with E-state index in [1.165, 1.54) is 18.4 Å². The summed E-state index contributed by atoms with van der Waals surface area (Å²) in [6.07, 6.45) is 0. The van der Waals surface area contributed by atoms with Gasteiger partial charge in [-0.15, -0.1) is 11.3 Å². The minimum Gasteiger partial charge on any atom is -0.465 e. The predicted octanol–water partition coefficient (Wildman–Crippen LogP) is 5.50. The van der Waals surface area contributed by atoms with Crippen molar-refractivity contribution in [2.45, 2.75) is 13.8 Å². The Labute approximate surface area is 190 Å². The molecule has 0 saturated carbocycles. The number of rotatable bonds is 6. The molecule has 31 heavy (non-hydrogen) atoms. The maximum absolute atomic E-state index is 12.6. The van der Waals surface area contributed by atoms with Crippen molar-refractivity contribution in [1.29, 1.82) is 0 Å². The fourth-order valence-corrected chi connectivity index (χ4v) is 4.44. The van der Waals surface area contributed by atoms with E-state index < -0.39 is 11.9 Å². The second-order valence-corrected chi connectivity index (χ2v) is 8.11. The fraction of sp³-hybridized carbons (Fsp3) is 0.174. The molecule has 0 fully saturated rings. The van der Waals surface area contributed by atoms with Gasteiger partial charge in [0.1, 0.15) is 10.6 Å². The van der Waals surface area contributed by atoms with Crippen LogP contribution < -0.4 is 10.6 Å². The third-order valence-corrected chi connectivity index (χ3v) is 5.62. The number of hydrogen-bond donors (Lipinski definition) is 2. The summed E-state index contributed by atoms with van der Waals surface area (Å²) in [6, 6.07) is 16.5.